The highest BCUT2D eigenvalue weighted by Crippen LogP contribution is 2.43. The molecule has 2 unspecified atom stereocenters. The van der Waals surface area contributed by atoms with Gasteiger partial charge in [0, 0.05) is 0 Å². The van der Waals surface area contributed by atoms with Gasteiger partial charge in [-0.15, -0.1) is 0 Å². The van der Waals surface area contributed by atoms with Crippen LogP contribution in [0.5, 0.6) is 0 Å². The summed E-state index contributed by atoms with van der Waals surface area (Å²) in [6.45, 7) is 4.18. The van der Waals surface area contributed by atoms with Crippen molar-refractivity contribution >= 4 is 32.5 Å². The fourth-order valence-electron chi connectivity index (χ4n) is 2.88. The summed E-state index contributed by atoms with van der Waals surface area (Å²) in [4.78, 5) is 38.2. The highest BCUT2D eigenvalue weighted by atomic mass is 32.1. The van der Waals surface area contributed by atoms with Crippen LogP contribution in [-0.2, 0) is 9.13 Å². The summed E-state index contributed by atoms with van der Waals surface area (Å²) < 4.78 is 23.5. The SMILES string of the molecule is CCCCCCCC(NC(=S)NC(CCCCCCC)P(=O)(O)O)P(=O)(O)O. The van der Waals surface area contributed by atoms with Crippen molar-refractivity contribution in [2.45, 2.75) is 102 Å². The molecular weight excluding hydrogens is 422 g/mol. The Morgan fingerprint density at radius 3 is 1.32 bits per heavy atom. The van der Waals surface area contributed by atoms with E-state index in [1.54, 1.807) is 0 Å². The maximum Gasteiger partial charge on any atom is 0.347 e. The molecule has 0 aromatic heterocycles. The van der Waals surface area contributed by atoms with Crippen LogP contribution in [0.15, 0.2) is 0 Å². The van der Waals surface area contributed by atoms with E-state index >= 15 is 0 Å². The van der Waals surface area contributed by atoms with E-state index in [2.05, 4.69) is 24.5 Å². The molecule has 168 valence electrons. The quantitative estimate of drug-likeness (QED) is 0.114. The van der Waals surface area contributed by atoms with Crippen LogP contribution in [0.3, 0.4) is 0 Å². The van der Waals surface area contributed by atoms with E-state index in [-0.39, 0.29) is 18.0 Å². The molecule has 0 bridgehead atoms. The van der Waals surface area contributed by atoms with Gasteiger partial charge in [0.1, 0.15) is 11.6 Å². The van der Waals surface area contributed by atoms with Crippen LogP contribution in [0.2, 0.25) is 0 Å². The lowest BCUT2D eigenvalue weighted by molar-refractivity contribution is 0.344. The summed E-state index contributed by atoms with van der Waals surface area (Å²) in [6, 6.07) is 0. The van der Waals surface area contributed by atoms with E-state index in [1.165, 1.54) is 0 Å². The van der Waals surface area contributed by atoms with Crippen molar-refractivity contribution in [2.24, 2.45) is 0 Å². The zero-order valence-corrected chi connectivity index (χ0v) is 19.7. The van der Waals surface area contributed by atoms with Crippen LogP contribution in [0.25, 0.3) is 0 Å². The van der Waals surface area contributed by atoms with Crippen LogP contribution >= 0.6 is 27.4 Å². The number of hydrogen-bond donors (Lipinski definition) is 6. The number of thiocarbonyl (C=S) groups is 1. The van der Waals surface area contributed by atoms with Gasteiger partial charge in [0.15, 0.2) is 5.11 Å². The molecule has 0 aliphatic carbocycles. The molecule has 0 saturated carbocycles. The van der Waals surface area contributed by atoms with Gasteiger partial charge >= 0.3 is 15.2 Å². The Morgan fingerprint density at radius 1 is 0.714 bits per heavy atom. The lowest BCUT2D eigenvalue weighted by Gasteiger charge is -2.25. The summed E-state index contributed by atoms with van der Waals surface area (Å²) >= 11 is 5.08. The molecule has 8 nitrogen and oxygen atoms in total. The molecule has 0 aliphatic heterocycles. The van der Waals surface area contributed by atoms with E-state index in [9.17, 15) is 28.7 Å². The van der Waals surface area contributed by atoms with Gasteiger partial charge in [-0.2, -0.15) is 0 Å². The molecule has 0 saturated heterocycles. The first-order chi connectivity index (χ1) is 13.0. The number of rotatable bonds is 16. The summed E-state index contributed by atoms with van der Waals surface area (Å²) in [6.07, 6.45) is 9.84. The van der Waals surface area contributed by atoms with Crippen LogP contribution in [0.4, 0.5) is 0 Å². The molecule has 0 radical (unpaired) electrons. The minimum atomic E-state index is -4.44. The molecule has 0 spiro atoms. The molecule has 0 aliphatic rings. The third kappa shape index (κ3) is 14.0. The smallest absolute Gasteiger partial charge is 0.347 e. The number of nitrogens with one attached hydrogen (secondary N) is 2. The third-order valence-corrected chi connectivity index (χ3v) is 7.20. The Bertz CT molecular complexity index is 482. The van der Waals surface area contributed by atoms with E-state index in [0.717, 1.165) is 51.4 Å². The predicted octanol–water partition coefficient (Wildman–Crippen LogP) is 4.18. The first-order valence-corrected chi connectivity index (χ1v) is 14.0. The summed E-state index contributed by atoms with van der Waals surface area (Å²) in [5.74, 6) is -2.31. The molecule has 28 heavy (non-hydrogen) atoms. The first kappa shape index (κ1) is 28.0. The Kier molecular flexibility index (Phi) is 14.9. The molecular formula is C17H38N2O6P2S. The molecule has 0 aromatic rings. The van der Waals surface area contributed by atoms with Crippen LogP contribution in [0, 0.1) is 0 Å². The fourth-order valence-corrected chi connectivity index (χ4v) is 4.97. The molecule has 11 heteroatoms. The minimum absolute atomic E-state index is 0.135. The highest BCUT2D eigenvalue weighted by molar-refractivity contribution is 7.80. The number of hydrogen-bond acceptors (Lipinski definition) is 3. The van der Waals surface area contributed by atoms with Crippen molar-refractivity contribution in [3.8, 4) is 0 Å². The van der Waals surface area contributed by atoms with Crippen molar-refractivity contribution in [2.75, 3.05) is 0 Å². The lowest BCUT2D eigenvalue weighted by atomic mass is 10.1. The van der Waals surface area contributed by atoms with Crippen LogP contribution in [-0.4, -0.2) is 36.3 Å². The predicted molar refractivity (Wildman–Crippen MR) is 117 cm³/mol. The van der Waals surface area contributed by atoms with Gasteiger partial charge in [-0.1, -0.05) is 78.1 Å². The molecule has 0 amide bonds. The van der Waals surface area contributed by atoms with Crippen molar-refractivity contribution in [1.82, 2.24) is 10.6 Å². The summed E-state index contributed by atoms with van der Waals surface area (Å²) in [5, 5.41) is 5.01. The Labute approximate surface area is 174 Å². The minimum Gasteiger partial charge on any atom is -0.349 e. The van der Waals surface area contributed by atoms with Crippen molar-refractivity contribution in [3.63, 3.8) is 0 Å². The Hall–Kier alpha value is -0.0100. The molecule has 6 N–H and O–H groups in total. The van der Waals surface area contributed by atoms with Crippen molar-refractivity contribution in [3.05, 3.63) is 0 Å². The normalized spacial score (nSPS) is 14.5. The van der Waals surface area contributed by atoms with Crippen LogP contribution in [0.1, 0.15) is 90.9 Å². The monoisotopic (exact) mass is 460 g/mol. The zero-order chi connectivity index (χ0) is 21.6. The van der Waals surface area contributed by atoms with E-state index in [0.29, 0.717) is 12.8 Å². The van der Waals surface area contributed by atoms with Crippen molar-refractivity contribution < 1.29 is 28.7 Å². The average Bonchev–Trinajstić information content (AvgIpc) is 2.57. The summed E-state index contributed by atoms with van der Waals surface area (Å²) in [5.41, 5.74) is 0. The molecule has 0 heterocycles. The fraction of sp³-hybridized carbons (Fsp3) is 0.941. The third-order valence-electron chi connectivity index (χ3n) is 4.57. The standard InChI is InChI=1S/C17H38N2O6P2S/c1-3-5-7-9-11-13-15(26(20,21)22)18-17(28)19-16(27(23,24)25)14-12-10-8-6-4-2/h15-16H,3-14H2,1-2H3,(H2,18,19,28)(H2,20,21,22)(H2,23,24,25). The topological polar surface area (TPSA) is 139 Å². The Balaban J connectivity index is 4.65. The molecule has 0 fully saturated rings. The largest absolute Gasteiger partial charge is 0.349 e. The molecule has 0 rings (SSSR count). The first-order valence-electron chi connectivity index (χ1n) is 10.2. The van der Waals surface area contributed by atoms with Gasteiger partial charge in [-0.05, 0) is 25.1 Å². The molecule has 2 atom stereocenters. The van der Waals surface area contributed by atoms with Crippen molar-refractivity contribution in [1.29, 1.82) is 0 Å². The maximum absolute atomic E-state index is 11.7. The molecule has 0 aromatic carbocycles. The van der Waals surface area contributed by atoms with Gasteiger partial charge in [-0.25, -0.2) is 0 Å². The highest BCUT2D eigenvalue weighted by Gasteiger charge is 2.32. The average molecular weight is 461 g/mol. The number of unbranched alkanes of at least 4 members (excludes halogenated alkanes) is 8. The second-order valence-electron chi connectivity index (χ2n) is 7.23. The Morgan fingerprint density at radius 2 is 1.04 bits per heavy atom. The van der Waals surface area contributed by atoms with E-state index in [4.69, 9.17) is 12.2 Å². The second kappa shape index (κ2) is 14.9. The second-order valence-corrected chi connectivity index (χ2v) is 11.2. The van der Waals surface area contributed by atoms with Gasteiger partial charge in [-0.3, -0.25) is 9.13 Å². The summed E-state index contributed by atoms with van der Waals surface area (Å²) in [7, 11) is -8.87. The van der Waals surface area contributed by atoms with Gasteiger partial charge in [0.2, 0.25) is 0 Å². The van der Waals surface area contributed by atoms with Crippen LogP contribution < -0.4 is 10.6 Å². The van der Waals surface area contributed by atoms with E-state index in [1.807, 2.05) is 0 Å². The zero-order valence-electron chi connectivity index (χ0n) is 17.0. The maximum atomic E-state index is 11.7. The van der Waals surface area contributed by atoms with Gasteiger partial charge in [0.05, 0.1) is 0 Å². The van der Waals surface area contributed by atoms with Gasteiger partial charge < -0.3 is 30.2 Å². The lowest BCUT2D eigenvalue weighted by Crippen LogP contribution is -2.46. The van der Waals surface area contributed by atoms with E-state index < -0.39 is 26.8 Å². The van der Waals surface area contributed by atoms with Gasteiger partial charge in [0.25, 0.3) is 0 Å².